The topological polar surface area (TPSA) is 113 Å². The SMILES string of the molecule is COc1ccc(-c2noc(COC(=O)c3ccccc3NC(=O)c3cccc(C)c3)n2)cc1OC. The minimum Gasteiger partial charge on any atom is -0.493 e. The van der Waals surface area contributed by atoms with Gasteiger partial charge in [0.05, 0.1) is 25.5 Å². The number of esters is 1. The zero-order valence-corrected chi connectivity index (χ0v) is 19.4. The Morgan fingerprint density at radius 1 is 0.943 bits per heavy atom. The summed E-state index contributed by atoms with van der Waals surface area (Å²) in [5.74, 6) is 0.544. The van der Waals surface area contributed by atoms with Crippen LogP contribution >= 0.6 is 0 Å². The molecule has 0 aliphatic carbocycles. The number of aromatic nitrogens is 2. The van der Waals surface area contributed by atoms with Crippen molar-refractivity contribution in [2.24, 2.45) is 0 Å². The molecule has 35 heavy (non-hydrogen) atoms. The first-order chi connectivity index (χ1) is 17.0. The van der Waals surface area contributed by atoms with Crippen molar-refractivity contribution >= 4 is 17.6 Å². The number of methoxy groups -OCH3 is 2. The van der Waals surface area contributed by atoms with Crippen LogP contribution in [0.2, 0.25) is 0 Å². The maximum absolute atomic E-state index is 12.7. The molecule has 9 nitrogen and oxygen atoms in total. The first-order valence-electron chi connectivity index (χ1n) is 10.7. The maximum Gasteiger partial charge on any atom is 0.340 e. The summed E-state index contributed by atoms with van der Waals surface area (Å²) in [6.45, 7) is 1.66. The molecule has 4 rings (SSSR count). The van der Waals surface area contributed by atoms with Gasteiger partial charge in [-0.3, -0.25) is 4.79 Å². The van der Waals surface area contributed by atoms with E-state index in [4.69, 9.17) is 18.7 Å². The third kappa shape index (κ3) is 5.47. The van der Waals surface area contributed by atoms with Crippen molar-refractivity contribution in [1.29, 1.82) is 0 Å². The third-order valence-corrected chi connectivity index (χ3v) is 5.11. The van der Waals surface area contributed by atoms with E-state index < -0.39 is 5.97 Å². The largest absolute Gasteiger partial charge is 0.493 e. The quantitative estimate of drug-likeness (QED) is 0.367. The fourth-order valence-corrected chi connectivity index (χ4v) is 3.36. The Morgan fingerprint density at radius 3 is 2.51 bits per heavy atom. The van der Waals surface area contributed by atoms with E-state index in [1.165, 1.54) is 7.11 Å². The molecule has 3 aromatic carbocycles. The lowest BCUT2D eigenvalue weighted by Crippen LogP contribution is -2.16. The smallest absolute Gasteiger partial charge is 0.340 e. The van der Waals surface area contributed by atoms with Crippen LogP contribution in [0.25, 0.3) is 11.4 Å². The Labute approximate surface area is 201 Å². The second-order valence-corrected chi connectivity index (χ2v) is 7.53. The number of anilines is 1. The van der Waals surface area contributed by atoms with Crippen molar-refractivity contribution in [2.75, 3.05) is 19.5 Å². The Bertz CT molecular complexity index is 1360. The molecule has 1 aromatic heterocycles. The monoisotopic (exact) mass is 473 g/mol. The minimum absolute atomic E-state index is 0.115. The summed E-state index contributed by atoms with van der Waals surface area (Å²) < 4.78 is 21.1. The summed E-state index contributed by atoms with van der Waals surface area (Å²) in [7, 11) is 3.08. The van der Waals surface area contributed by atoms with Gasteiger partial charge in [-0.1, -0.05) is 35.0 Å². The van der Waals surface area contributed by atoms with E-state index in [1.54, 1.807) is 67.8 Å². The van der Waals surface area contributed by atoms with Gasteiger partial charge in [0.2, 0.25) is 5.82 Å². The lowest BCUT2D eigenvalue weighted by Gasteiger charge is -2.10. The molecule has 0 aliphatic heterocycles. The molecule has 1 N–H and O–H groups in total. The molecule has 0 atom stereocenters. The first-order valence-corrected chi connectivity index (χ1v) is 10.7. The van der Waals surface area contributed by atoms with Crippen LogP contribution in [0.15, 0.2) is 71.3 Å². The Kier molecular flexibility index (Phi) is 7.06. The van der Waals surface area contributed by atoms with Crippen LogP contribution < -0.4 is 14.8 Å². The van der Waals surface area contributed by atoms with E-state index >= 15 is 0 Å². The average Bonchev–Trinajstić information content (AvgIpc) is 3.36. The number of nitrogens with one attached hydrogen (secondary N) is 1. The number of hydrogen-bond acceptors (Lipinski definition) is 8. The summed E-state index contributed by atoms with van der Waals surface area (Å²) in [4.78, 5) is 29.7. The number of para-hydroxylation sites is 1. The number of amides is 1. The standard InChI is InChI=1S/C26H23N3O6/c1-16-7-6-8-18(13-16)25(30)27-20-10-5-4-9-19(20)26(31)34-15-23-28-24(29-35-23)17-11-12-21(32-2)22(14-17)33-3/h4-14H,15H2,1-3H3,(H,27,30). The second-order valence-electron chi connectivity index (χ2n) is 7.53. The number of carbonyl (C=O) groups excluding carboxylic acids is 2. The molecule has 0 fully saturated rings. The summed E-state index contributed by atoms with van der Waals surface area (Å²) in [5.41, 5.74) is 2.63. The van der Waals surface area contributed by atoms with Gasteiger partial charge in [0.1, 0.15) is 0 Å². The normalized spacial score (nSPS) is 10.5. The molecule has 1 heterocycles. The van der Waals surface area contributed by atoms with Crippen molar-refractivity contribution in [3.8, 4) is 22.9 Å². The van der Waals surface area contributed by atoms with E-state index in [-0.39, 0.29) is 24.0 Å². The van der Waals surface area contributed by atoms with Crippen molar-refractivity contribution in [2.45, 2.75) is 13.5 Å². The van der Waals surface area contributed by atoms with Crippen LogP contribution in [0.4, 0.5) is 5.69 Å². The van der Waals surface area contributed by atoms with Gasteiger partial charge < -0.3 is 24.1 Å². The van der Waals surface area contributed by atoms with E-state index in [0.717, 1.165) is 5.56 Å². The number of hydrogen-bond donors (Lipinski definition) is 1. The lowest BCUT2D eigenvalue weighted by molar-refractivity contribution is 0.0431. The molecule has 1 amide bonds. The number of nitrogens with zero attached hydrogens (tertiary/aromatic N) is 2. The molecule has 0 radical (unpaired) electrons. The molecule has 0 saturated carbocycles. The molecule has 4 aromatic rings. The molecule has 0 bridgehead atoms. The van der Waals surface area contributed by atoms with Crippen LogP contribution in [-0.2, 0) is 11.3 Å². The first kappa shape index (κ1) is 23.5. The summed E-state index contributed by atoms with van der Waals surface area (Å²) in [5, 5.41) is 6.70. The Hall–Kier alpha value is -4.66. The highest BCUT2D eigenvalue weighted by atomic mass is 16.6. The number of benzene rings is 3. The Morgan fingerprint density at radius 2 is 1.74 bits per heavy atom. The number of rotatable bonds is 8. The summed E-state index contributed by atoms with van der Waals surface area (Å²) in [6, 6.07) is 19.0. The minimum atomic E-state index is -0.643. The van der Waals surface area contributed by atoms with Crippen molar-refractivity contribution in [3.63, 3.8) is 0 Å². The molecule has 0 aliphatic rings. The van der Waals surface area contributed by atoms with E-state index in [9.17, 15) is 9.59 Å². The van der Waals surface area contributed by atoms with Crippen LogP contribution in [0.1, 0.15) is 32.2 Å². The van der Waals surface area contributed by atoms with Gasteiger partial charge in [0.25, 0.3) is 11.8 Å². The van der Waals surface area contributed by atoms with Gasteiger partial charge in [-0.2, -0.15) is 4.98 Å². The van der Waals surface area contributed by atoms with Gasteiger partial charge in [0, 0.05) is 11.1 Å². The molecule has 178 valence electrons. The van der Waals surface area contributed by atoms with Gasteiger partial charge in [-0.25, -0.2) is 4.79 Å². The number of ether oxygens (including phenoxy) is 3. The highest BCUT2D eigenvalue weighted by molar-refractivity contribution is 6.08. The number of carbonyl (C=O) groups is 2. The fraction of sp³-hybridized carbons (Fsp3) is 0.154. The van der Waals surface area contributed by atoms with Crippen LogP contribution in [0, 0.1) is 6.92 Å². The summed E-state index contributed by atoms with van der Waals surface area (Å²) >= 11 is 0. The molecule has 0 spiro atoms. The van der Waals surface area contributed by atoms with Crippen LogP contribution in [0.3, 0.4) is 0 Å². The van der Waals surface area contributed by atoms with Crippen molar-refractivity contribution < 1.29 is 28.3 Å². The lowest BCUT2D eigenvalue weighted by atomic mass is 10.1. The third-order valence-electron chi connectivity index (χ3n) is 5.11. The van der Waals surface area contributed by atoms with Gasteiger partial charge in [0.15, 0.2) is 18.1 Å². The van der Waals surface area contributed by atoms with Crippen LogP contribution in [-0.4, -0.2) is 36.2 Å². The molecule has 0 unspecified atom stereocenters. The highest BCUT2D eigenvalue weighted by Crippen LogP contribution is 2.31. The Balaban J connectivity index is 1.44. The maximum atomic E-state index is 12.7. The van der Waals surface area contributed by atoms with Gasteiger partial charge >= 0.3 is 5.97 Å². The average molecular weight is 473 g/mol. The molecular formula is C26H23N3O6. The van der Waals surface area contributed by atoms with E-state index in [1.807, 2.05) is 13.0 Å². The second kappa shape index (κ2) is 10.5. The van der Waals surface area contributed by atoms with Gasteiger partial charge in [-0.15, -0.1) is 0 Å². The molecular weight excluding hydrogens is 450 g/mol. The zero-order valence-electron chi connectivity index (χ0n) is 19.4. The van der Waals surface area contributed by atoms with Crippen LogP contribution in [0.5, 0.6) is 11.5 Å². The predicted molar refractivity (Wildman–Crippen MR) is 128 cm³/mol. The van der Waals surface area contributed by atoms with E-state index in [0.29, 0.717) is 34.1 Å². The van der Waals surface area contributed by atoms with E-state index in [2.05, 4.69) is 15.5 Å². The van der Waals surface area contributed by atoms with Crippen molar-refractivity contribution in [3.05, 3.63) is 89.3 Å². The zero-order chi connectivity index (χ0) is 24.8. The summed E-state index contributed by atoms with van der Waals surface area (Å²) in [6.07, 6.45) is 0. The predicted octanol–water partition coefficient (Wildman–Crippen LogP) is 4.67. The number of aryl methyl sites for hydroxylation is 1. The van der Waals surface area contributed by atoms with Gasteiger partial charge in [-0.05, 0) is 49.4 Å². The molecule has 9 heteroatoms. The van der Waals surface area contributed by atoms with Crippen molar-refractivity contribution in [1.82, 2.24) is 10.1 Å². The molecule has 0 saturated heterocycles. The highest BCUT2D eigenvalue weighted by Gasteiger charge is 2.18. The fourth-order valence-electron chi connectivity index (χ4n) is 3.36.